The lowest BCUT2D eigenvalue weighted by Gasteiger charge is -2.21. The van der Waals surface area contributed by atoms with E-state index < -0.39 is 24.0 Å². The van der Waals surface area contributed by atoms with Gasteiger partial charge in [-0.15, -0.1) is 0 Å². The maximum atomic E-state index is 12.0. The number of benzene rings is 1. The highest BCUT2D eigenvalue weighted by Gasteiger charge is 2.38. The van der Waals surface area contributed by atoms with Crippen molar-refractivity contribution in [2.75, 3.05) is 13.2 Å². The number of carbonyl (C=O) groups is 2. The van der Waals surface area contributed by atoms with Gasteiger partial charge in [0.25, 0.3) is 5.91 Å². The molecule has 114 valence electrons. The fourth-order valence-corrected chi connectivity index (χ4v) is 2.87. The van der Waals surface area contributed by atoms with Crippen molar-refractivity contribution < 1.29 is 24.5 Å². The predicted octanol–water partition coefficient (Wildman–Crippen LogP) is 1.53. The number of hydrogen-bond donors (Lipinski definition) is 2. The summed E-state index contributed by atoms with van der Waals surface area (Å²) in [4.78, 5) is 24.2. The van der Waals surface area contributed by atoms with Gasteiger partial charge in [-0.3, -0.25) is 4.79 Å². The summed E-state index contributed by atoms with van der Waals surface area (Å²) < 4.78 is 6.09. The lowest BCUT2D eigenvalue weighted by Crippen LogP contribution is -2.42. The Kier molecular flexibility index (Phi) is 5.08. The number of carboxylic acids is 1. The highest BCUT2D eigenvalue weighted by atomic mass is 79.9. The van der Waals surface area contributed by atoms with E-state index in [1.165, 1.54) is 0 Å². The third-order valence-corrected chi connectivity index (χ3v) is 3.92. The summed E-state index contributed by atoms with van der Waals surface area (Å²) in [5, 5.41) is 18.9. The smallest absolute Gasteiger partial charge is 0.326 e. The normalized spacial score (nSPS) is 21.4. The first-order chi connectivity index (χ1) is 9.88. The van der Waals surface area contributed by atoms with Crippen molar-refractivity contribution in [1.82, 2.24) is 4.90 Å². The lowest BCUT2D eigenvalue weighted by molar-refractivity contribution is -0.148. The monoisotopic (exact) mass is 377 g/mol. The lowest BCUT2D eigenvalue weighted by atomic mass is 10.2. The molecule has 1 aromatic carbocycles. The van der Waals surface area contributed by atoms with E-state index in [0.29, 0.717) is 10.8 Å². The van der Waals surface area contributed by atoms with E-state index in [1.807, 2.05) is 0 Å². The van der Waals surface area contributed by atoms with Gasteiger partial charge in [0.15, 0.2) is 6.61 Å². The number of rotatable bonds is 4. The van der Waals surface area contributed by atoms with Crippen LogP contribution in [0.5, 0.6) is 5.75 Å². The van der Waals surface area contributed by atoms with Crippen molar-refractivity contribution in [2.45, 2.75) is 18.6 Å². The summed E-state index contributed by atoms with van der Waals surface area (Å²) in [6.45, 7) is -0.342. The van der Waals surface area contributed by atoms with Crippen LogP contribution in [0, 0.1) is 0 Å². The molecule has 2 atom stereocenters. The molecule has 21 heavy (non-hydrogen) atoms. The van der Waals surface area contributed by atoms with Crippen LogP contribution in [0.2, 0.25) is 5.02 Å². The SMILES string of the molecule is O=C(O)[C@H]1C[C@@H](O)CN1C(=O)COc1ccc(Br)cc1Cl. The maximum absolute atomic E-state index is 12.0. The number of carboxylic acid groups (broad SMARTS) is 1. The quantitative estimate of drug-likeness (QED) is 0.830. The van der Waals surface area contributed by atoms with Crippen LogP contribution < -0.4 is 4.74 Å². The van der Waals surface area contributed by atoms with Gasteiger partial charge in [0.05, 0.1) is 11.1 Å². The number of aliphatic carboxylic acids is 1. The molecule has 1 amide bonds. The molecular weight excluding hydrogens is 366 g/mol. The van der Waals surface area contributed by atoms with E-state index in [9.17, 15) is 14.7 Å². The van der Waals surface area contributed by atoms with Crippen LogP contribution in [0.1, 0.15) is 6.42 Å². The van der Waals surface area contributed by atoms with Gasteiger partial charge in [-0.1, -0.05) is 27.5 Å². The van der Waals surface area contributed by atoms with Gasteiger partial charge < -0.3 is 19.8 Å². The van der Waals surface area contributed by atoms with Crippen LogP contribution in [0.15, 0.2) is 22.7 Å². The molecule has 1 saturated heterocycles. The molecule has 6 nitrogen and oxygen atoms in total. The van der Waals surface area contributed by atoms with Crippen molar-refractivity contribution in [3.63, 3.8) is 0 Å². The van der Waals surface area contributed by atoms with Crippen molar-refractivity contribution >= 4 is 39.4 Å². The van der Waals surface area contributed by atoms with E-state index in [1.54, 1.807) is 18.2 Å². The molecule has 1 aliphatic heterocycles. The fraction of sp³-hybridized carbons (Fsp3) is 0.385. The van der Waals surface area contributed by atoms with Crippen molar-refractivity contribution in [3.05, 3.63) is 27.7 Å². The molecule has 8 heteroatoms. The first-order valence-electron chi connectivity index (χ1n) is 6.16. The number of aliphatic hydroxyl groups is 1. The predicted molar refractivity (Wildman–Crippen MR) is 78.4 cm³/mol. The fourth-order valence-electron chi connectivity index (χ4n) is 2.14. The Morgan fingerprint density at radius 3 is 2.81 bits per heavy atom. The molecular formula is C13H13BrClNO5. The average Bonchev–Trinajstić information content (AvgIpc) is 2.80. The molecule has 0 aromatic heterocycles. The molecule has 0 radical (unpaired) electrons. The minimum atomic E-state index is -1.14. The molecule has 0 spiro atoms. The molecule has 1 aromatic rings. The molecule has 1 heterocycles. The summed E-state index contributed by atoms with van der Waals surface area (Å²) in [7, 11) is 0. The molecule has 0 bridgehead atoms. The van der Waals surface area contributed by atoms with Gasteiger partial charge in [-0.2, -0.15) is 0 Å². The Labute approximate surface area is 134 Å². The first-order valence-corrected chi connectivity index (χ1v) is 7.33. The zero-order chi connectivity index (χ0) is 15.6. The third-order valence-electron chi connectivity index (χ3n) is 3.13. The molecule has 0 saturated carbocycles. The van der Waals surface area contributed by atoms with Gasteiger partial charge in [-0.25, -0.2) is 4.79 Å². The Bertz CT molecular complexity index is 567. The van der Waals surface area contributed by atoms with Gasteiger partial charge in [0.2, 0.25) is 0 Å². The number of halogens is 2. The number of aliphatic hydroxyl groups excluding tert-OH is 1. The minimum Gasteiger partial charge on any atom is -0.482 e. The Hall–Kier alpha value is -1.31. The second-order valence-corrected chi connectivity index (χ2v) is 5.98. The summed E-state index contributed by atoms with van der Waals surface area (Å²) >= 11 is 9.21. The summed E-state index contributed by atoms with van der Waals surface area (Å²) in [6.07, 6.45) is -0.800. The Morgan fingerprint density at radius 1 is 1.48 bits per heavy atom. The number of likely N-dealkylation sites (tertiary alicyclic amines) is 1. The zero-order valence-electron chi connectivity index (χ0n) is 10.8. The van der Waals surface area contributed by atoms with E-state index >= 15 is 0 Å². The van der Waals surface area contributed by atoms with E-state index in [4.69, 9.17) is 21.4 Å². The van der Waals surface area contributed by atoms with Crippen LogP contribution in [-0.2, 0) is 9.59 Å². The van der Waals surface area contributed by atoms with Crippen molar-refractivity contribution in [1.29, 1.82) is 0 Å². The second-order valence-electron chi connectivity index (χ2n) is 4.65. The molecule has 2 N–H and O–H groups in total. The maximum Gasteiger partial charge on any atom is 0.326 e. The van der Waals surface area contributed by atoms with Crippen LogP contribution in [0.25, 0.3) is 0 Å². The van der Waals surface area contributed by atoms with Gasteiger partial charge >= 0.3 is 5.97 Å². The minimum absolute atomic E-state index is 0.00672. The van der Waals surface area contributed by atoms with Crippen LogP contribution in [0.4, 0.5) is 0 Å². The molecule has 1 aliphatic rings. The topological polar surface area (TPSA) is 87.1 Å². The number of hydrogen-bond acceptors (Lipinski definition) is 4. The van der Waals surface area contributed by atoms with Crippen molar-refractivity contribution in [3.8, 4) is 5.75 Å². The molecule has 0 aliphatic carbocycles. The van der Waals surface area contributed by atoms with Crippen LogP contribution >= 0.6 is 27.5 Å². The van der Waals surface area contributed by atoms with E-state index in [2.05, 4.69) is 15.9 Å². The number of β-amino-alcohol motifs (C(OH)–C–C–N with tert-alkyl or cyclic N) is 1. The molecule has 1 fully saturated rings. The summed E-state index contributed by atoms with van der Waals surface area (Å²) in [5.41, 5.74) is 0. The van der Waals surface area contributed by atoms with Crippen LogP contribution in [0.3, 0.4) is 0 Å². The van der Waals surface area contributed by atoms with Gasteiger partial charge in [-0.05, 0) is 18.2 Å². The first kappa shape index (κ1) is 16.1. The van der Waals surface area contributed by atoms with Gasteiger partial charge in [0, 0.05) is 17.4 Å². The largest absolute Gasteiger partial charge is 0.482 e. The number of ether oxygens (including phenoxy) is 1. The average molecular weight is 379 g/mol. The highest BCUT2D eigenvalue weighted by Crippen LogP contribution is 2.28. The Morgan fingerprint density at radius 2 is 2.19 bits per heavy atom. The summed E-state index contributed by atoms with van der Waals surface area (Å²) in [6, 6.07) is 3.93. The van der Waals surface area contributed by atoms with Crippen molar-refractivity contribution in [2.24, 2.45) is 0 Å². The molecule has 2 rings (SSSR count). The highest BCUT2D eigenvalue weighted by molar-refractivity contribution is 9.10. The zero-order valence-corrected chi connectivity index (χ0v) is 13.2. The number of amides is 1. The third kappa shape index (κ3) is 3.87. The van der Waals surface area contributed by atoms with Gasteiger partial charge in [0.1, 0.15) is 11.8 Å². The standard InChI is InChI=1S/C13H13BrClNO5/c14-7-1-2-11(9(15)3-7)21-6-12(18)16-5-8(17)4-10(16)13(19)20/h1-3,8,10,17H,4-6H2,(H,19,20)/t8-,10-/m1/s1. The molecule has 0 unspecified atom stereocenters. The van der Waals surface area contributed by atoms with E-state index in [0.717, 1.165) is 9.37 Å². The Balaban J connectivity index is 1.99. The summed E-state index contributed by atoms with van der Waals surface area (Å²) in [5.74, 6) is -1.31. The number of carbonyl (C=O) groups excluding carboxylic acids is 1. The van der Waals surface area contributed by atoms with E-state index in [-0.39, 0.29) is 19.6 Å². The van der Waals surface area contributed by atoms with Crippen LogP contribution in [-0.4, -0.2) is 52.3 Å². The second kappa shape index (κ2) is 6.64. The number of nitrogens with zero attached hydrogens (tertiary/aromatic N) is 1.